The summed E-state index contributed by atoms with van der Waals surface area (Å²) in [6.45, 7) is 9.04. The number of benzene rings is 2. The lowest BCUT2D eigenvalue weighted by Crippen LogP contribution is -2.38. The maximum atomic E-state index is 13.3. The van der Waals surface area contributed by atoms with E-state index in [0.29, 0.717) is 48.1 Å². The highest BCUT2D eigenvalue weighted by Gasteiger charge is 2.47. The number of ether oxygens (including phenoxy) is 3. The predicted molar refractivity (Wildman–Crippen MR) is 134 cm³/mol. The van der Waals surface area contributed by atoms with Crippen LogP contribution < -0.4 is 14.2 Å². The molecule has 2 aromatic rings. The molecule has 1 atom stereocenters. The maximum Gasteiger partial charge on any atom is 0.295 e. The Morgan fingerprint density at radius 1 is 1.00 bits per heavy atom. The number of hydrogen-bond acceptors (Lipinski definition) is 7. The van der Waals surface area contributed by atoms with Crippen molar-refractivity contribution in [2.45, 2.75) is 26.8 Å². The Morgan fingerprint density at radius 3 is 2.26 bits per heavy atom. The SMILES string of the molecule is CCOc1ccc(/C(O)=C2\C(=O)C(=O)N(CCN(CC)CC)[C@H]2c2cccc(OC)c2OC)cc1. The van der Waals surface area contributed by atoms with Crippen LogP contribution >= 0.6 is 0 Å². The van der Waals surface area contributed by atoms with E-state index in [1.54, 1.807) is 42.5 Å². The second kappa shape index (κ2) is 11.8. The molecule has 2 aromatic carbocycles. The number of aliphatic hydroxyl groups is 1. The first-order chi connectivity index (χ1) is 16.9. The van der Waals surface area contributed by atoms with E-state index in [1.807, 2.05) is 20.8 Å². The molecule has 0 spiro atoms. The molecular formula is C27H34N2O6. The largest absolute Gasteiger partial charge is 0.507 e. The van der Waals surface area contributed by atoms with Gasteiger partial charge in [-0.05, 0) is 50.3 Å². The molecule has 1 N–H and O–H groups in total. The normalized spacial score (nSPS) is 17.2. The van der Waals surface area contributed by atoms with E-state index >= 15 is 0 Å². The van der Waals surface area contributed by atoms with Crippen molar-refractivity contribution >= 4 is 17.4 Å². The van der Waals surface area contributed by atoms with Gasteiger partial charge < -0.3 is 29.1 Å². The van der Waals surface area contributed by atoms with Gasteiger partial charge >= 0.3 is 0 Å². The second-order valence-corrected chi connectivity index (χ2v) is 8.06. The van der Waals surface area contributed by atoms with Gasteiger partial charge in [0.15, 0.2) is 11.5 Å². The zero-order valence-corrected chi connectivity index (χ0v) is 21.0. The van der Waals surface area contributed by atoms with Crippen LogP contribution in [0.5, 0.6) is 17.2 Å². The van der Waals surface area contributed by atoms with Gasteiger partial charge in [0.25, 0.3) is 11.7 Å². The summed E-state index contributed by atoms with van der Waals surface area (Å²) in [7, 11) is 3.04. The average Bonchev–Trinajstić information content (AvgIpc) is 3.13. The van der Waals surface area contributed by atoms with Crippen molar-refractivity contribution < 1.29 is 28.9 Å². The topological polar surface area (TPSA) is 88.5 Å². The van der Waals surface area contributed by atoms with Crippen LogP contribution in [0, 0.1) is 0 Å². The highest BCUT2D eigenvalue weighted by atomic mass is 16.5. The van der Waals surface area contributed by atoms with E-state index < -0.39 is 17.7 Å². The van der Waals surface area contributed by atoms with Crippen molar-refractivity contribution in [1.29, 1.82) is 0 Å². The van der Waals surface area contributed by atoms with Crippen LogP contribution in [0.3, 0.4) is 0 Å². The standard InChI is InChI=1S/C27H34N2O6/c1-6-28(7-2)16-17-29-23(20-10-9-11-21(33-4)26(20)34-5)22(25(31)27(29)32)24(30)18-12-14-19(15-13-18)35-8-3/h9-15,23,30H,6-8,16-17H2,1-5H3/b24-22+/t23-/m0/s1. The quantitative estimate of drug-likeness (QED) is 0.296. The first-order valence-electron chi connectivity index (χ1n) is 11.9. The highest BCUT2D eigenvalue weighted by molar-refractivity contribution is 6.46. The van der Waals surface area contributed by atoms with Crippen LogP contribution in [-0.4, -0.2) is 73.6 Å². The minimum Gasteiger partial charge on any atom is -0.507 e. The van der Waals surface area contributed by atoms with Crippen molar-refractivity contribution in [3.63, 3.8) is 0 Å². The van der Waals surface area contributed by atoms with Crippen molar-refractivity contribution in [2.24, 2.45) is 0 Å². The first kappa shape index (κ1) is 26.1. The summed E-state index contributed by atoms with van der Waals surface area (Å²) in [6, 6.07) is 11.3. The van der Waals surface area contributed by atoms with E-state index in [-0.39, 0.29) is 11.3 Å². The number of carbonyl (C=O) groups is 2. The molecule has 8 nitrogen and oxygen atoms in total. The Kier molecular flexibility index (Phi) is 8.76. The third-order valence-corrected chi connectivity index (χ3v) is 6.26. The second-order valence-electron chi connectivity index (χ2n) is 8.06. The minimum atomic E-state index is -0.831. The summed E-state index contributed by atoms with van der Waals surface area (Å²) >= 11 is 0. The number of likely N-dealkylation sites (tertiary alicyclic amines) is 1. The molecule has 1 amide bonds. The molecule has 0 saturated carbocycles. The molecular weight excluding hydrogens is 448 g/mol. The molecule has 3 rings (SSSR count). The summed E-state index contributed by atoms with van der Waals surface area (Å²) in [5, 5.41) is 11.3. The predicted octanol–water partition coefficient (Wildman–Crippen LogP) is 3.87. The molecule has 188 valence electrons. The number of amides is 1. The summed E-state index contributed by atoms with van der Waals surface area (Å²) in [5.74, 6) is -0.0978. The number of rotatable bonds is 11. The Morgan fingerprint density at radius 2 is 1.69 bits per heavy atom. The van der Waals surface area contributed by atoms with Gasteiger partial charge in [0, 0.05) is 24.2 Å². The Labute approximate surface area is 206 Å². The molecule has 1 aliphatic rings. The van der Waals surface area contributed by atoms with E-state index in [9.17, 15) is 14.7 Å². The molecule has 0 aromatic heterocycles. The fourth-order valence-corrected chi connectivity index (χ4v) is 4.38. The Balaban J connectivity index is 2.16. The molecule has 1 fully saturated rings. The number of ketones is 1. The van der Waals surface area contributed by atoms with Crippen LogP contribution in [0.2, 0.25) is 0 Å². The van der Waals surface area contributed by atoms with E-state index in [0.717, 1.165) is 13.1 Å². The molecule has 1 saturated heterocycles. The first-order valence-corrected chi connectivity index (χ1v) is 11.9. The van der Waals surface area contributed by atoms with E-state index in [4.69, 9.17) is 14.2 Å². The number of carbonyl (C=O) groups excluding carboxylic acids is 2. The summed E-state index contributed by atoms with van der Waals surface area (Å²) in [5.41, 5.74) is 1.01. The van der Waals surface area contributed by atoms with Crippen LogP contribution in [0.25, 0.3) is 5.76 Å². The summed E-state index contributed by atoms with van der Waals surface area (Å²) in [6.07, 6.45) is 0. The zero-order chi connectivity index (χ0) is 25.5. The van der Waals surface area contributed by atoms with E-state index in [2.05, 4.69) is 4.90 Å². The van der Waals surface area contributed by atoms with Gasteiger partial charge in [0.2, 0.25) is 0 Å². The van der Waals surface area contributed by atoms with Crippen LogP contribution in [-0.2, 0) is 9.59 Å². The van der Waals surface area contributed by atoms with Gasteiger partial charge in [-0.3, -0.25) is 9.59 Å². The number of methoxy groups -OCH3 is 2. The minimum absolute atomic E-state index is 0.0188. The highest BCUT2D eigenvalue weighted by Crippen LogP contribution is 2.45. The van der Waals surface area contributed by atoms with Gasteiger partial charge in [-0.25, -0.2) is 0 Å². The lowest BCUT2D eigenvalue weighted by atomic mass is 9.94. The molecule has 1 aliphatic heterocycles. The van der Waals surface area contributed by atoms with Gasteiger partial charge in [-0.1, -0.05) is 26.0 Å². The number of aliphatic hydroxyl groups excluding tert-OH is 1. The van der Waals surface area contributed by atoms with Gasteiger partial charge in [-0.15, -0.1) is 0 Å². The van der Waals surface area contributed by atoms with Gasteiger partial charge in [0.05, 0.1) is 32.4 Å². The molecule has 35 heavy (non-hydrogen) atoms. The van der Waals surface area contributed by atoms with Crippen LogP contribution in [0.15, 0.2) is 48.0 Å². The van der Waals surface area contributed by atoms with Crippen molar-refractivity contribution in [2.75, 3.05) is 47.0 Å². The Hall–Kier alpha value is -3.52. The number of para-hydroxylation sites is 1. The monoisotopic (exact) mass is 482 g/mol. The molecule has 0 bridgehead atoms. The van der Waals surface area contributed by atoms with Crippen molar-refractivity contribution in [1.82, 2.24) is 9.80 Å². The number of Topliss-reactive ketones (excluding diaryl/α,β-unsaturated/α-hetero) is 1. The summed E-state index contributed by atoms with van der Waals surface area (Å²) in [4.78, 5) is 30.2. The smallest absolute Gasteiger partial charge is 0.295 e. The summed E-state index contributed by atoms with van der Waals surface area (Å²) < 4.78 is 16.6. The molecule has 0 radical (unpaired) electrons. The number of likely N-dealkylation sites (N-methyl/N-ethyl adjacent to an activating group) is 1. The fraction of sp³-hybridized carbons (Fsp3) is 0.407. The molecule has 0 aliphatic carbocycles. The average molecular weight is 483 g/mol. The fourth-order valence-electron chi connectivity index (χ4n) is 4.38. The van der Waals surface area contributed by atoms with E-state index in [1.165, 1.54) is 19.1 Å². The van der Waals surface area contributed by atoms with Gasteiger partial charge in [-0.2, -0.15) is 0 Å². The number of nitrogens with zero attached hydrogens (tertiary/aromatic N) is 2. The third-order valence-electron chi connectivity index (χ3n) is 6.26. The maximum absolute atomic E-state index is 13.3. The lowest BCUT2D eigenvalue weighted by molar-refractivity contribution is -0.140. The molecule has 8 heteroatoms. The van der Waals surface area contributed by atoms with Gasteiger partial charge in [0.1, 0.15) is 11.5 Å². The third kappa shape index (κ3) is 5.27. The van der Waals surface area contributed by atoms with Crippen LogP contribution in [0.4, 0.5) is 0 Å². The lowest BCUT2D eigenvalue weighted by Gasteiger charge is -2.29. The van der Waals surface area contributed by atoms with Crippen LogP contribution in [0.1, 0.15) is 37.9 Å². The Bertz CT molecular complexity index is 1080. The molecule has 1 heterocycles. The number of hydrogen-bond donors (Lipinski definition) is 1. The molecule has 0 unspecified atom stereocenters. The van der Waals surface area contributed by atoms with Crippen molar-refractivity contribution in [3.8, 4) is 17.2 Å². The van der Waals surface area contributed by atoms with Crippen molar-refractivity contribution in [3.05, 3.63) is 59.2 Å². The zero-order valence-electron chi connectivity index (χ0n) is 21.0.